The fourth-order valence-corrected chi connectivity index (χ4v) is 1.77. The summed E-state index contributed by atoms with van der Waals surface area (Å²) in [7, 11) is 0. The zero-order valence-electron chi connectivity index (χ0n) is 9.16. The van der Waals surface area contributed by atoms with E-state index in [-0.39, 0.29) is 17.4 Å². The van der Waals surface area contributed by atoms with Gasteiger partial charge in [-0.05, 0) is 6.42 Å². The summed E-state index contributed by atoms with van der Waals surface area (Å²) >= 11 is 5.60. The van der Waals surface area contributed by atoms with Crippen molar-refractivity contribution in [1.29, 1.82) is 0 Å². The van der Waals surface area contributed by atoms with Crippen LogP contribution in [0.1, 0.15) is 71.1 Å². The van der Waals surface area contributed by atoms with Gasteiger partial charge in [0.25, 0.3) is 0 Å². The maximum atomic E-state index is 5.60. The second-order valence-electron chi connectivity index (χ2n) is 3.87. The van der Waals surface area contributed by atoms with E-state index in [0.29, 0.717) is 0 Å². The van der Waals surface area contributed by atoms with Crippen molar-refractivity contribution in [2.75, 3.05) is 5.88 Å². The standard InChI is InChI=1S/C12H25Cl.Al.3H/c1-2-3-4-5-6-7-8-9-10-11-12-13;;;;/h2-12H2,1H3;;;;. The summed E-state index contributed by atoms with van der Waals surface area (Å²) in [6.45, 7) is 2.27. The molecule has 0 saturated heterocycles. The summed E-state index contributed by atoms with van der Waals surface area (Å²) in [6, 6.07) is 0. The maximum Gasteiger partial charge on any atom is 0.187 e. The van der Waals surface area contributed by atoms with Gasteiger partial charge in [-0.1, -0.05) is 64.7 Å². The van der Waals surface area contributed by atoms with E-state index >= 15 is 0 Å². The first-order chi connectivity index (χ1) is 6.41. The van der Waals surface area contributed by atoms with Crippen molar-refractivity contribution >= 4 is 29.0 Å². The molecular weight excluding hydrogens is 207 g/mol. The van der Waals surface area contributed by atoms with Crippen molar-refractivity contribution in [3.8, 4) is 0 Å². The Morgan fingerprint density at radius 1 is 0.643 bits per heavy atom. The first-order valence-corrected chi connectivity index (χ1v) is 6.51. The van der Waals surface area contributed by atoms with Gasteiger partial charge in [0.15, 0.2) is 17.4 Å². The van der Waals surface area contributed by atoms with Crippen molar-refractivity contribution in [2.24, 2.45) is 0 Å². The third kappa shape index (κ3) is 15.3. The second kappa shape index (κ2) is 16.3. The lowest BCUT2D eigenvalue weighted by Gasteiger charge is -2.00. The van der Waals surface area contributed by atoms with Crippen LogP contribution in [0.5, 0.6) is 0 Å². The molecule has 0 heterocycles. The van der Waals surface area contributed by atoms with Crippen LogP contribution >= 0.6 is 11.6 Å². The van der Waals surface area contributed by atoms with Crippen LogP contribution in [0.3, 0.4) is 0 Å². The van der Waals surface area contributed by atoms with E-state index in [1.165, 1.54) is 64.2 Å². The first-order valence-electron chi connectivity index (χ1n) is 5.97. The highest BCUT2D eigenvalue weighted by molar-refractivity contribution is 6.17. The minimum absolute atomic E-state index is 0. The molecule has 0 aliphatic heterocycles. The highest BCUT2D eigenvalue weighted by Gasteiger charge is 1.91. The van der Waals surface area contributed by atoms with E-state index < -0.39 is 0 Å². The Morgan fingerprint density at radius 3 is 1.36 bits per heavy atom. The molecule has 0 aliphatic carbocycles. The van der Waals surface area contributed by atoms with Crippen LogP contribution < -0.4 is 0 Å². The Morgan fingerprint density at radius 2 is 1.00 bits per heavy atom. The molecule has 0 saturated carbocycles. The molecule has 0 nitrogen and oxygen atoms in total. The van der Waals surface area contributed by atoms with Gasteiger partial charge in [-0.25, -0.2) is 0 Å². The number of hydrogen-bond donors (Lipinski definition) is 0. The van der Waals surface area contributed by atoms with Gasteiger partial charge in [0.05, 0.1) is 0 Å². The lowest BCUT2D eigenvalue weighted by Crippen LogP contribution is -1.81. The molecule has 2 heteroatoms. The predicted molar refractivity (Wildman–Crippen MR) is 72.5 cm³/mol. The van der Waals surface area contributed by atoms with Crippen LogP contribution in [-0.4, -0.2) is 23.2 Å². The largest absolute Gasteiger partial charge is 0.187 e. The highest BCUT2D eigenvalue weighted by Crippen LogP contribution is 2.10. The van der Waals surface area contributed by atoms with Crippen molar-refractivity contribution in [1.82, 2.24) is 0 Å². The van der Waals surface area contributed by atoms with Gasteiger partial charge >= 0.3 is 0 Å². The summed E-state index contributed by atoms with van der Waals surface area (Å²) < 4.78 is 0. The van der Waals surface area contributed by atoms with Crippen LogP contribution in [0.25, 0.3) is 0 Å². The van der Waals surface area contributed by atoms with E-state index in [1.54, 1.807) is 0 Å². The number of alkyl halides is 1. The molecule has 0 N–H and O–H groups in total. The molecule has 0 radical (unpaired) electrons. The van der Waals surface area contributed by atoms with Crippen molar-refractivity contribution < 1.29 is 0 Å². The fraction of sp³-hybridized carbons (Fsp3) is 1.00. The summed E-state index contributed by atoms with van der Waals surface area (Å²) in [6.07, 6.45) is 13.9. The van der Waals surface area contributed by atoms with Crippen LogP contribution in [0.2, 0.25) is 0 Å². The lowest BCUT2D eigenvalue weighted by atomic mass is 10.1. The van der Waals surface area contributed by atoms with Crippen molar-refractivity contribution in [3.05, 3.63) is 0 Å². The molecule has 86 valence electrons. The summed E-state index contributed by atoms with van der Waals surface area (Å²) in [5.41, 5.74) is 0. The Hall–Kier alpha value is 0.822. The van der Waals surface area contributed by atoms with Crippen LogP contribution in [0.4, 0.5) is 0 Å². The van der Waals surface area contributed by atoms with Crippen molar-refractivity contribution in [2.45, 2.75) is 71.1 Å². The average molecular weight is 235 g/mol. The zero-order chi connectivity index (χ0) is 9.78. The molecule has 0 atom stereocenters. The van der Waals surface area contributed by atoms with Gasteiger partial charge in [-0.3, -0.25) is 0 Å². The highest BCUT2D eigenvalue weighted by atomic mass is 35.5. The van der Waals surface area contributed by atoms with Crippen LogP contribution in [0, 0.1) is 0 Å². The molecule has 0 aromatic carbocycles. The SMILES string of the molecule is CCCCCCCCCCCCCl.[AlH3]. The second-order valence-corrected chi connectivity index (χ2v) is 4.25. The Balaban J connectivity index is 0. The molecule has 0 bridgehead atoms. The van der Waals surface area contributed by atoms with E-state index in [1.807, 2.05) is 0 Å². The average Bonchev–Trinajstić information content (AvgIpc) is 2.16. The van der Waals surface area contributed by atoms with Crippen LogP contribution in [0.15, 0.2) is 0 Å². The molecule has 0 amide bonds. The van der Waals surface area contributed by atoms with E-state index in [2.05, 4.69) is 6.92 Å². The smallest absolute Gasteiger partial charge is 0.127 e. The Labute approximate surface area is 106 Å². The number of halogens is 1. The van der Waals surface area contributed by atoms with Crippen LogP contribution in [-0.2, 0) is 0 Å². The van der Waals surface area contributed by atoms with Gasteiger partial charge in [0, 0.05) is 5.88 Å². The molecule has 0 aromatic rings. The normalized spacial score (nSPS) is 9.86. The molecule has 0 fully saturated rings. The number of unbranched alkanes of at least 4 members (excludes halogenated alkanes) is 9. The van der Waals surface area contributed by atoms with Gasteiger partial charge < -0.3 is 0 Å². The number of rotatable bonds is 10. The zero-order valence-corrected chi connectivity index (χ0v) is 9.91. The summed E-state index contributed by atoms with van der Waals surface area (Å²) in [5.74, 6) is 0.844. The lowest BCUT2D eigenvalue weighted by molar-refractivity contribution is 0.563. The number of hydrogen-bond acceptors (Lipinski definition) is 0. The third-order valence-electron chi connectivity index (χ3n) is 2.49. The van der Waals surface area contributed by atoms with E-state index in [9.17, 15) is 0 Å². The molecular formula is C12H28AlCl. The molecule has 0 aliphatic rings. The van der Waals surface area contributed by atoms with E-state index in [4.69, 9.17) is 11.6 Å². The summed E-state index contributed by atoms with van der Waals surface area (Å²) in [5, 5.41) is 0. The molecule has 0 rings (SSSR count). The van der Waals surface area contributed by atoms with Gasteiger partial charge in [0.2, 0.25) is 0 Å². The first kappa shape index (κ1) is 17.2. The van der Waals surface area contributed by atoms with Gasteiger partial charge in [-0.15, -0.1) is 11.6 Å². The van der Waals surface area contributed by atoms with Gasteiger partial charge in [-0.2, -0.15) is 0 Å². The minimum Gasteiger partial charge on any atom is -0.127 e. The summed E-state index contributed by atoms with van der Waals surface area (Å²) in [4.78, 5) is 0. The predicted octanol–water partition coefficient (Wildman–Crippen LogP) is 3.96. The van der Waals surface area contributed by atoms with Crippen molar-refractivity contribution in [3.63, 3.8) is 0 Å². The molecule has 14 heavy (non-hydrogen) atoms. The van der Waals surface area contributed by atoms with Gasteiger partial charge in [0.1, 0.15) is 0 Å². The minimum atomic E-state index is 0. The molecule has 0 aromatic heterocycles. The monoisotopic (exact) mass is 234 g/mol. The topological polar surface area (TPSA) is 0 Å². The fourth-order valence-electron chi connectivity index (χ4n) is 1.58. The molecule has 0 unspecified atom stereocenters. The van der Waals surface area contributed by atoms with E-state index in [0.717, 1.165) is 5.88 Å². The Bertz CT molecular complexity index is 76.4. The maximum absolute atomic E-state index is 5.60. The molecule has 0 spiro atoms. The quantitative estimate of drug-likeness (QED) is 0.305. The third-order valence-corrected chi connectivity index (χ3v) is 2.75. The Kier molecular flexibility index (Phi) is 20.0.